The summed E-state index contributed by atoms with van der Waals surface area (Å²) in [7, 11) is 0. The van der Waals surface area contributed by atoms with Crippen LogP contribution in [-0.4, -0.2) is 19.4 Å². The summed E-state index contributed by atoms with van der Waals surface area (Å²) >= 11 is 0. The molecule has 1 aliphatic heterocycles. The molecule has 1 heterocycles. The number of benzene rings is 2. The summed E-state index contributed by atoms with van der Waals surface area (Å²) in [6.45, 7) is 1.09. The maximum Gasteiger partial charge on any atom is 0.349 e. The van der Waals surface area contributed by atoms with E-state index >= 15 is 0 Å². The van der Waals surface area contributed by atoms with E-state index in [0.717, 1.165) is 31.4 Å². The molecule has 1 fully saturated rings. The topological polar surface area (TPSA) is 44.8 Å². The number of carbonyl (C=O) groups is 1. The van der Waals surface area contributed by atoms with Crippen LogP contribution in [0, 0.1) is 29.2 Å². The van der Waals surface area contributed by atoms with Crippen LogP contribution in [0.1, 0.15) is 54.6 Å². The first-order valence-corrected chi connectivity index (χ1v) is 9.84. The van der Waals surface area contributed by atoms with Gasteiger partial charge in [-0.05, 0) is 42.9 Å². The lowest BCUT2D eigenvalue weighted by molar-refractivity contribution is -0.0197. The average molecular weight is 444 g/mol. The third kappa shape index (κ3) is 5.33. The molecule has 31 heavy (non-hydrogen) atoms. The molecular weight excluding hydrogens is 423 g/mol. The van der Waals surface area contributed by atoms with Crippen LogP contribution < -0.4 is 9.47 Å². The first-order chi connectivity index (χ1) is 14.8. The summed E-state index contributed by atoms with van der Waals surface area (Å²) < 4.78 is 83.3. The van der Waals surface area contributed by atoms with Gasteiger partial charge in [0, 0.05) is 12.1 Å². The van der Waals surface area contributed by atoms with Crippen molar-refractivity contribution in [2.75, 3.05) is 13.5 Å². The first kappa shape index (κ1) is 23.0. The normalized spacial score (nSPS) is 18.6. The van der Waals surface area contributed by atoms with Crippen LogP contribution in [0.4, 0.5) is 22.0 Å². The van der Waals surface area contributed by atoms with E-state index in [1.54, 1.807) is 0 Å². The van der Waals surface area contributed by atoms with Crippen LogP contribution >= 0.6 is 0 Å². The molecule has 0 amide bonds. The number of hydrogen-bond donors (Lipinski definition) is 0. The minimum atomic E-state index is -1.48. The van der Waals surface area contributed by atoms with Gasteiger partial charge in [0.05, 0.1) is 12.7 Å². The van der Waals surface area contributed by atoms with Gasteiger partial charge in [-0.1, -0.05) is 13.3 Å². The zero-order valence-corrected chi connectivity index (χ0v) is 16.7. The number of carbonyl (C=O) groups excluding carboxylic acids is 1. The zero-order valence-electron chi connectivity index (χ0n) is 16.7. The lowest BCUT2D eigenvalue weighted by Crippen LogP contribution is -2.21. The van der Waals surface area contributed by atoms with Gasteiger partial charge in [-0.15, -0.1) is 0 Å². The highest BCUT2D eigenvalue weighted by Gasteiger charge is 2.27. The van der Waals surface area contributed by atoms with Gasteiger partial charge in [0.2, 0.25) is 6.86 Å². The summed E-state index contributed by atoms with van der Waals surface area (Å²) in [6.07, 6.45) is 3.01. The van der Waals surface area contributed by atoms with E-state index in [1.807, 2.05) is 0 Å². The SMILES string of the molecule is CCCC1CCC(c2cc(F)c(C(=O)Oc3cc(F)c(OCF)c(F)c3)c(F)c2)OC1. The van der Waals surface area contributed by atoms with E-state index < -0.39 is 59.3 Å². The predicted octanol–water partition coefficient (Wildman–Crippen LogP) is 6.04. The Morgan fingerprint density at radius 1 is 1.03 bits per heavy atom. The van der Waals surface area contributed by atoms with Gasteiger partial charge in [-0.25, -0.2) is 26.7 Å². The summed E-state index contributed by atoms with van der Waals surface area (Å²) in [4.78, 5) is 12.2. The van der Waals surface area contributed by atoms with Gasteiger partial charge < -0.3 is 14.2 Å². The maximum absolute atomic E-state index is 14.5. The maximum atomic E-state index is 14.5. The number of esters is 1. The fourth-order valence-electron chi connectivity index (χ4n) is 3.62. The second kappa shape index (κ2) is 10.1. The molecule has 0 aliphatic carbocycles. The van der Waals surface area contributed by atoms with E-state index in [0.29, 0.717) is 31.1 Å². The molecule has 4 nitrogen and oxygen atoms in total. The highest BCUT2D eigenvalue weighted by Crippen LogP contribution is 2.34. The average Bonchev–Trinajstić information content (AvgIpc) is 2.71. The fourth-order valence-corrected chi connectivity index (χ4v) is 3.62. The summed E-state index contributed by atoms with van der Waals surface area (Å²) in [5, 5.41) is 0. The minimum absolute atomic E-state index is 0.256. The van der Waals surface area contributed by atoms with Crippen molar-refractivity contribution in [2.45, 2.75) is 38.7 Å². The van der Waals surface area contributed by atoms with Crippen molar-refractivity contribution < 1.29 is 41.0 Å². The third-order valence-electron chi connectivity index (χ3n) is 5.09. The molecule has 2 aromatic carbocycles. The van der Waals surface area contributed by atoms with Crippen molar-refractivity contribution in [3.8, 4) is 11.5 Å². The molecule has 0 aromatic heterocycles. The van der Waals surface area contributed by atoms with Gasteiger partial charge >= 0.3 is 5.97 Å². The standard InChI is InChI=1S/C22H21F5O4/c1-2-3-12-4-5-19(29-10-12)13-6-15(24)20(16(25)7-13)22(28)31-14-8-17(26)21(30-11-23)18(27)9-14/h6-9,12,19H,2-5,10-11H2,1H3. The van der Waals surface area contributed by atoms with Crippen molar-refractivity contribution in [1.82, 2.24) is 0 Å². The Labute approximate surface area is 175 Å². The number of ether oxygens (including phenoxy) is 3. The highest BCUT2D eigenvalue weighted by atomic mass is 19.2. The fraction of sp³-hybridized carbons (Fsp3) is 0.409. The largest absolute Gasteiger partial charge is 0.457 e. The molecule has 0 radical (unpaired) electrons. The molecule has 0 saturated carbocycles. The quantitative estimate of drug-likeness (QED) is 0.297. The zero-order chi connectivity index (χ0) is 22.5. The van der Waals surface area contributed by atoms with Crippen molar-refractivity contribution in [1.29, 1.82) is 0 Å². The van der Waals surface area contributed by atoms with Crippen molar-refractivity contribution in [3.05, 3.63) is 58.7 Å². The van der Waals surface area contributed by atoms with E-state index in [1.165, 1.54) is 0 Å². The summed E-state index contributed by atoms with van der Waals surface area (Å²) in [6, 6.07) is 3.06. The molecule has 0 spiro atoms. The van der Waals surface area contributed by atoms with Gasteiger partial charge in [0.15, 0.2) is 17.4 Å². The molecule has 0 bridgehead atoms. The van der Waals surface area contributed by atoms with E-state index in [4.69, 9.17) is 9.47 Å². The van der Waals surface area contributed by atoms with Gasteiger partial charge in [-0.3, -0.25) is 0 Å². The molecule has 1 aliphatic rings. The Kier molecular flexibility index (Phi) is 7.48. The molecule has 0 N–H and O–H groups in total. The van der Waals surface area contributed by atoms with Crippen LogP contribution in [0.25, 0.3) is 0 Å². The Hall–Kier alpha value is -2.68. The minimum Gasteiger partial charge on any atom is -0.457 e. The smallest absolute Gasteiger partial charge is 0.349 e. The van der Waals surface area contributed by atoms with Crippen LogP contribution in [0.15, 0.2) is 24.3 Å². The predicted molar refractivity (Wildman–Crippen MR) is 101 cm³/mol. The number of rotatable bonds is 7. The molecular formula is C22H21F5O4. The lowest BCUT2D eigenvalue weighted by atomic mass is 9.91. The number of hydrogen-bond acceptors (Lipinski definition) is 4. The van der Waals surface area contributed by atoms with Crippen LogP contribution in [0.3, 0.4) is 0 Å². The Balaban J connectivity index is 1.75. The van der Waals surface area contributed by atoms with Gasteiger partial charge in [-0.2, -0.15) is 0 Å². The van der Waals surface area contributed by atoms with E-state index in [9.17, 15) is 26.7 Å². The molecule has 168 valence electrons. The van der Waals surface area contributed by atoms with E-state index in [2.05, 4.69) is 11.7 Å². The number of halogens is 5. The monoisotopic (exact) mass is 444 g/mol. The molecule has 2 aromatic rings. The van der Waals surface area contributed by atoms with Crippen molar-refractivity contribution in [3.63, 3.8) is 0 Å². The lowest BCUT2D eigenvalue weighted by Gasteiger charge is -2.29. The molecule has 3 rings (SSSR count). The highest BCUT2D eigenvalue weighted by molar-refractivity contribution is 5.91. The van der Waals surface area contributed by atoms with Gasteiger partial charge in [0.25, 0.3) is 0 Å². The Morgan fingerprint density at radius 3 is 2.19 bits per heavy atom. The Bertz CT molecular complexity index is 895. The number of alkyl halides is 1. The molecule has 9 heteroatoms. The van der Waals surface area contributed by atoms with Crippen molar-refractivity contribution in [2.24, 2.45) is 5.92 Å². The second-order valence-corrected chi connectivity index (χ2v) is 7.27. The molecule has 2 unspecified atom stereocenters. The summed E-state index contributed by atoms with van der Waals surface area (Å²) in [5.74, 6) is -7.78. The van der Waals surface area contributed by atoms with Crippen molar-refractivity contribution >= 4 is 5.97 Å². The summed E-state index contributed by atoms with van der Waals surface area (Å²) in [5.41, 5.74) is -0.750. The van der Waals surface area contributed by atoms with Crippen LogP contribution in [-0.2, 0) is 4.74 Å². The van der Waals surface area contributed by atoms with Crippen LogP contribution in [0.5, 0.6) is 11.5 Å². The Morgan fingerprint density at radius 2 is 1.68 bits per heavy atom. The van der Waals surface area contributed by atoms with E-state index in [-0.39, 0.29) is 5.56 Å². The first-order valence-electron chi connectivity index (χ1n) is 9.84. The molecule has 2 atom stereocenters. The second-order valence-electron chi connectivity index (χ2n) is 7.27. The third-order valence-corrected chi connectivity index (χ3v) is 5.09. The van der Waals surface area contributed by atoms with Crippen LogP contribution in [0.2, 0.25) is 0 Å². The van der Waals surface area contributed by atoms with Gasteiger partial charge in [0.1, 0.15) is 22.9 Å². The molecule has 1 saturated heterocycles.